The van der Waals surface area contributed by atoms with E-state index in [1.54, 1.807) is 22.9 Å². The molecule has 3 aromatic heterocycles. The number of aromatic nitrogens is 3. The summed E-state index contributed by atoms with van der Waals surface area (Å²) in [7, 11) is 0. The highest BCUT2D eigenvalue weighted by Gasteiger charge is 2.11. The van der Waals surface area contributed by atoms with Crippen molar-refractivity contribution in [3.8, 4) is 16.9 Å². The minimum absolute atomic E-state index is 0.0314. The third-order valence-corrected chi connectivity index (χ3v) is 4.38. The van der Waals surface area contributed by atoms with Crippen LogP contribution >= 0.6 is 0 Å². The van der Waals surface area contributed by atoms with E-state index in [9.17, 15) is 9.90 Å². The van der Waals surface area contributed by atoms with E-state index in [0.717, 1.165) is 16.5 Å². The fourth-order valence-electron chi connectivity index (χ4n) is 3.07. The van der Waals surface area contributed by atoms with Crippen molar-refractivity contribution < 1.29 is 5.11 Å². The lowest BCUT2D eigenvalue weighted by Gasteiger charge is -2.13. The summed E-state index contributed by atoms with van der Waals surface area (Å²) in [6.07, 6.45) is 3.10. The van der Waals surface area contributed by atoms with Gasteiger partial charge in [0.2, 0.25) is 0 Å². The van der Waals surface area contributed by atoms with Crippen LogP contribution in [0.5, 0.6) is 5.75 Å². The van der Waals surface area contributed by atoms with Crippen LogP contribution in [0.4, 0.5) is 11.6 Å². The molecule has 4 aromatic rings. The van der Waals surface area contributed by atoms with Gasteiger partial charge in [0, 0.05) is 29.8 Å². The number of aryl methyl sites for hydroxylation is 1. The number of aromatic hydroxyl groups is 1. The minimum atomic E-state index is -0.0314. The number of hydrogen-bond donors (Lipinski definition) is 2. The molecule has 0 bridgehead atoms. The fourth-order valence-corrected chi connectivity index (χ4v) is 3.07. The van der Waals surface area contributed by atoms with Gasteiger partial charge in [-0.1, -0.05) is 30.3 Å². The Labute approximate surface area is 155 Å². The van der Waals surface area contributed by atoms with E-state index in [2.05, 4.69) is 15.3 Å². The fraction of sp³-hybridized carbons (Fsp3) is 0.0952. The van der Waals surface area contributed by atoms with Crippen LogP contribution in [0.15, 0.2) is 71.8 Å². The molecule has 2 N–H and O–H groups in total. The summed E-state index contributed by atoms with van der Waals surface area (Å²) in [5.74, 6) is 1.24. The van der Waals surface area contributed by atoms with Crippen LogP contribution in [0.2, 0.25) is 0 Å². The molecule has 0 atom stereocenters. The zero-order chi connectivity index (χ0) is 18.8. The van der Waals surface area contributed by atoms with Gasteiger partial charge in [-0.05, 0) is 30.7 Å². The van der Waals surface area contributed by atoms with Crippen LogP contribution in [0, 0.1) is 0 Å². The summed E-state index contributed by atoms with van der Waals surface area (Å²) in [5.41, 5.74) is 2.32. The van der Waals surface area contributed by atoms with Gasteiger partial charge in [0.25, 0.3) is 5.56 Å². The van der Waals surface area contributed by atoms with Crippen LogP contribution in [0.1, 0.15) is 6.92 Å². The smallest absolute Gasteiger partial charge is 0.258 e. The number of pyridine rings is 3. The number of hydrogen-bond acceptors (Lipinski definition) is 5. The Hall–Kier alpha value is -3.67. The van der Waals surface area contributed by atoms with Crippen LogP contribution in [0.25, 0.3) is 22.0 Å². The number of nitrogens with one attached hydrogen (secondary N) is 1. The van der Waals surface area contributed by atoms with E-state index in [1.807, 2.05) is 49.4 Å². The molecule has 6 heteroatoms. The second-order valence-electron chi connectivity index (χ2n) is 6.13. The van der Waals surface area contributed by atoms with Crippen LogP contribution in [-0.2, 0) is 6.54 Å². The summed E-state index contributed by atoms with van der Waals surface area (Å²) >= 11 is 0. The lowest BCUT2D eigenvalue weighted by atomic mass is 10.1. The van der Waals surface area contributed by atoms with Crippen LogP contribution in [0.3, 0.4) is 0 Å². The number of benzene rings is 1. The summed E-state index contributed by atoms with van der Waals surface area (Å²) in [5, 5.41) is 13.3. The molecule has 0 radical (unpaired) electrons. The summed E-state index contributed by atoms with van der Waals surface area (Å²) in [6, 6.07) is 16.6. The van der Waals surface area contributed by atoms with Crippen molar-refractivity contribution in [3.63, 3.8) is 0 Å². The molecule has 4 rings (SSSR count). The highest BCUT2D eigenvalue weighted by atomic mass is 16.3. The maximum atomic E-state index is 13.0. The Kier molecular flexibility index (Phi) is 4.30. The van der Waals surface area contributed by atoms with Crippen molar-refractivity contribution >= 4 is 22.5 Å². The average Bonchev–Trinajstić information content (AvgIpc) is 2.70. The molecule has 0 saturated carbocycles. The molecule has 0 amide bonds. The standard InChI is InChI=1S/C21H18N4O2/c1-2-25-18-11-20(24-19-9-8-16(26)13-23-19)22-12-15(18)10-17(21(25)27)14-6-4-3-5-7-14/h3-13,26H,2H2,1H3,(H,22,23,24). The van der Waals surface area contributed by atoms with Gasteiger partial charge >= 0.3 is 0 Å². The molecule has 134 valence electrons. The maximum Gasteiger partial charge on any atom is 0.258 e. The Morgan fingerprint density at radius 3 is 2.48 bits per heavy atom. The molecule has 1 aromatic carbocycles. The molecule has 0 saturated heterocycles. The summed E-state index contributed by atoms with van der Waals surface area (Å²) in [6.45, 7) is 2.50. The summed E-state index contributed by atoms with van der Waals surface area (Å²) < 4.78 is 1.74. The molecule has 3 heterocycles. The number of anilines is 2. The van der Waals surface area contributed by atoms with Gasteiger partial charge in [0.05, 0.1) is 11.7 Å². The van der Waals surface area contributed by atoms with E-state index in [4.69, 9.17) is 0 Å². The van der Waals surface area contributed by atoms with E-state index in [0.29, 0.717) is 23.7 Å². The molecule has 0 aliphatic heterocycles. The van der Waals surface area contributed by atoms with E-state index >= 15 is 0 Å². The predicted molar refractivity (Wildman–Crippen MR) is 106 cm³/mol. The highest BCUT2D eigenvalue weighted by molar-refractivity contribution is 5.85. The normalized spacial score (nSPS) is 10.9. The Bertz CT molecular complexity index is 1150. The average molecular weight is 358 g/mol. The SMILES string of the molecule is CCn1c(=O)c(-c2ccccc2)cc2cnc(Nc3ccc(O)cn3)cc21. The van der Waals surface area contributed by atoms with Gasteiger partial charge < -0.3 is 15.0 Å². The second-order valence-corrected chi connectivity index (χ2v) is 6.13. The largest absolute Gasteiger partial charge is 0.506 e. The minimum Gasteiger partial charge on any atom is -0.506 e. The molecule has 27 heavy (non-hydrogen) atoms. The van der Waals surface area contributed by atoms with Crippen LogP contribution in [-0.4, -0.2) is 19.6 Å². The zero-order valence-corrected chi connectivity index (χ0v) is 14.8. The third kappa shape index (κ3) is 3.25. The van der Waals surface area contributed by atoms with E-state index in [1.165, 1.54) is 6.20 Å². The Balaban J connectivity index is 1.82. The predicted octanol–water partition coefficient (Wildman–Crippen LogP) is 3.93. The van der Waals surface area contributed by atoms with Crippen molar-refractivity contribution in [2.45, 2.75) is 13.5 Å². The quantitative estimate of drug-likeness (QED) is 0.578. The molecular weight excluding hydrogens is 340 g/mol. The lowest BCUT2D eigenvalue weighted by molar-refractivity contribution is 0.473. The van der Waals surface area contributed by atoms with Crippen LogP contribution < -0.4 is 10.9 Å². The second kappa shape index (κ2) is 6.92. The van der Waals surface area contributed by atoms with Gasteiger partial charge in [0.15, 0.2) is 0 Å². The van der Waals surface area contributed by atoms with Crippen molar-refractivity contribution in [3.05, 3.63) is 77.3 Å². The van der Waals surface area contributed by atoms with Gasteiger partial charge in [-0.3, -0.25) is 4.79 Å². The Morgan fingerprint density at radius 2 is 1.78 bits per heavy atom. The van der Waals surface area contributed by atoms with Crippen molar-refractivity contribution in [1.82, 2.24) is 14.5 Å². The van der Waals surface area contributed by atoms with Gasteiger partial charge in [0.1, 0.15) is 17.4 Å². The van der Waals surface area contributed by atoms with Crippen molar-refractivity contribution in [1.29, 1.82) is 0 Å². The molecule has 6 nitrogen and oxygen atoms in total. The summed E-state index contributed by atoms with van der Waals surface area (Å²) in [4.78, 5) is 21.5. The first-order chi connectivity index (χ1) is 13.2. The first-order valence-corrected chi connectivity index (χ1v) is 8.67. The van der Waals surface area contributed by atoms with Gasteiger partial charge in [-0.15, -0.1) is 0 Å². The maximum absolute atomic E-state index is 13.0. The van der Waals surface area contributed by atoms with Crippen molar-refractivity contribution in [2.75, 3.05) is 5.32 Å². The molecule has 0 fully saturated rings. The number of rotatable bonds is 4. The van der Waals surface area contributed by atoms with E-state index < -0.39 is 0 Å². The number of fused-ring (bicyclic) bond motifs is 1. The molecule has 0 aliphatic rings. The number of nitrogens with zero attached hydrogens (tertiary/aromatic N) is 3. The first kappa shape index (κ1) is 16.8. The highest BCUT2D eigenvalue weighted by Crippen LogP contribution is 2.23. The molecule has 0 spiro atoms. The third-order valence-electron chi connectivity index (χ3n) is 4.38. The van der Waals surface area contributed by atoms with Gasteiger partial charge in [-0.2, -0.15) is 0 Å². The Morgan fingerprint density at radius 1 is 1.00 bits per heavy atom. The van der Waals surface area contributed by atoms with E-state index in [-0.39, 0.29) is 11.3 Å². The molecule has 0 unspecified atom stereocenters. The lowest BCUT2D eigenvalue weighted by Crippen LogP contribution is -2.21. The van der Waals surface area contributed by atoms with Crippen molar-refractivity contribution in [2.24, 2.45) is 0 Å². The topological polar surface area (TPSA) is 80.0 Å². The molecular formula is C21H18N4O2. The van der Waals surface area contributed by atoms with Gasteiger partial charge in [-0.25, -0.2) is 9.97 Å². The zero-order valence-electron chi connectivity index (χ0n) is 14.8. The monoisotopic (exact) mass is 358 g/mol. The first-order valence-electron chi connectivity index (χ1n) is 8.67. The molecule has 0 aliphatic carbocycles.